The Balaban J connectivity index is 2.17. The predicted molar refractivity (Wildman–Crippen MR) is 71.6 cm³/mol. The Hall–Kier alpha value is -1.29. The Morgan fingerprint density at radius 2 is 2.17 bits per heavy atom. The van der Waals surface area contributed by atoms with E-state index in [9.17, 15) is 4.39 Å². The zero-order chi connectivity index (χ0) is 13.2. The minimum atomic E-state index is -0.243. The highest BCUT2D eigenvalue weighted by Crippen LogP contribution is 2.42. The van der Waals surface area contributed by atoms with Crippen molar-refractivity contribution in [1.82, 2.24) is 0 Å². The number of nitrogens with zero attached hydrogens (tertiary/aromatic N) is 1. The van der Waals surface area contributed by atoms with E-state index < -0.39 is 0 Å². The summed E-state index contributed by atoms with van der Waals surface area (Å²) in [7, 11) is 3.57. The molecule has 0 bridgehead atoms. The smallest absolute Gasteiger partial charge is 0.142 e. The number of nitrogens with two attached hydrogens (primary N) is 1. The van der Waals surface area contributed by atoms with Crippen LogP contribution in [0.3, 0.4) is 0 Å². The van der Waals surface area contributed by atoms with Crippen molar-refractivity contribution < 1.29 is 9.13 Å². The van der Waals surface area contributed by atoms with E-state index in [-0.39, 0.29) is 11.2 Å². The van der Waals surface area contributed by atoms with Crippen molar-refractivity contribution in [2.75, 3.05) is 32.1 Å². The Morgan fingerprint density at radius 1 is 1.44 bits per heavy atom. The van der Waals surface area contributed by atoms with E-state index in [0.29, 0.717) is 12.3 Å². The number of halogens is 1. The van der Waals surface area contributed by atoms with Crippen LogP contribution in [0.1, 0.15) is 19.3 Å². The summed E-state index contributed by atoms with van der Waals surface area (Å²) in [5.74, 6) is 0.457. The van der Waals surface area contributed by atoms with E-state index in [1.165, 1.54) is 18.6 Å². The van der Waals surface area contributed by atoms with Gasteiger partial charge in [-0.1, -0.05) is 6.42 Å². The molecule has 0 amide bonds. The molecule has 18 heavy (non-hydrogen) atoms. The van der Waals surface area contributed by atoms with Crippen molar-refractivity contribution in [1.29, 1.82) is 0 Å². The lowest BCUT2D eigenvalue weighted by molar-refractivity contribution is 0.154. The average molecular weight is 252 g/mol. The third-order valence-corrected chi connectivity index (χ3v) is 3.97. The molecule has 1 aliphatic rings. The Labute approximate surface area is 108 Å². The minimum absolute atomic E-state index is 0.200. The van der Waals surface area contributed by atoms with Gasteiger partial charge in [0, 0.05) is 25.1 Å². The highest BCUT2D eigenvalue weighted by molar-refractivity contribution is 5.58. The predicted octanol–water partition coefficient (Wildman–Crippen LogP) is 2.40. The molecule has 0 aliphatic heterocycles. The maximum absolute atomic E-state index is 13.3. The van der Waals surface area contributed by atoms with E-state index >= 15 is 0 Å². The molecule has 0 saturated heterocycles. The lowest BCUT2D eigenvalue weighted by Gasteiger charge is -2.44. The Bertz CT molecular complexity index is 413. The zero-order valence-corrected chi connectivity index (χ0v) is 11.1. The second-order valence-corrected chi connectivity index (χ2v) is 5.23. The van der Waals surface area contributed by atoms with Crippen molar-refractivity contribution >= 4 is 5.69 Å². The first-order valence-electron chi connectivity index (χ1n) is 6.35. The van der Waals surface area contributed by atoms with Crippen LogP contribution in [-0.2, 0) is 0 Å². The third-order valence-electron chi connectivity index (χ3n) is 3.97. The van der Waals surface area contributed by atoms with Gasteiger partial charge in [-0.3, -0.25) is 0 Å². The van der Waals surface area contributed by atoms with E-state index in [0.717, 1.165) is 25.1 Å². The summed E-state index contributed by atoms with van der Waals surface area (Å²) in [5, 5.41) is 0. The number of benzene rings is 1. The lowest BCUT2D eigenvalue weighted by atomic mass is 9.68. The molecular formula is C14H21FN2O. The summed E-state index contributed by atoms with van der Waals surface area (Å²) in [6.07, 6.45) is 3.56. The van der Waals surface area contributed by atoms with Gasteiger partial charge in [-0.2, -0.15) is 0 Å². The molecule has 1 saturated carbocycles. The van der Waals surface area contributed by atoms with Crippen molar-refractivity contribution in [3.8, 4) is 5.75 Å². The highest BCUT2D eigenvalue weighted by Gasteiger charge is 2.36. The average Bonchev–Trinajstić information content (AvgIpc) is 2.33. The van der Waals surface area contributed by atoms with Gasteiger partial charge in [-0.25, -0.2) is 4.39 Å². The molecule has 0 aromatic heterocycles. The maximum Gasteiger partial charge on any atom is 0.142 e. The topological polar surface area (TPSA) is 38.5 Å². The van der Waals surface area contributed by atoms with Gasteiger partial charge in [0.1, 0.15) is 11.6 Å². The van der Waals surface area contributed by atoms with Crippen LogP contribution < -0.4 is 15.4 Å². The number of ether oxygens (including phenoxy) is 1. The van der Waals surface area contributed by atoms with Gasteiger partial charge >= 0.3 is 0 Å². The molecule has 1 aliphatic carbocycles. The first kappa shape index (κ1) is 13.1. The second-order valence-electron chi connectivity index (χ2n) is 5.23. The number of anilines is 1. The monoisotopic (exact) mass is 252 g/mol. The second kappa shape index (κ2) is 5.14. The number of rotatable bonds is 5. The number of methoxy groups -OCH3 is 1. The van der Waals surface area contributed by atoms with Crippen LogP contribution in [0, 0.1) is 11.2 Å². The molecule has 0 heterocycles. The van der Waals surface area contributed by atoms with Gasteiger partial charge in [-0.15, -0.1) is 0 Å². The molecule has 0 unspecified atom stereocenters. The van der Waals surface area contributed by atoms with E-state index in [1.807, 2.05) is 11.9 Å². The summed E-state index contributed by atoms with van der Waals surface area (Å²) in [6, 6.07) is 4.59. The third kappa shape index (κ3) is 2.43. The SMILES string of the molecule is COc1ccc(F)cc1N(C)CC1(CN)CCC1. The van der Waals surface area contributed by atoms with Gasteiger partial charge in [0.05, 0.1) is 12.8 Å². The first-order chi connectivity index (χ1) is 8.60. The van der Waals surface area contributed by atoms with E-state index in [4.69, 9.17) is 10.5 Å². The van der Waals surface area contributed by atoms with Gasteiger partial charge in [-0.05, 0) is 31.5 Å². The quantitative estimate of drug-likeness (QED) is 0.874. The molecule has 4 heteroatoms. The maximum atomic E-state index is 13.3. The molecule has 100 valence electrons. The van der Waals surface area contributed by atoms with Gasteiger partial charge in [0.2, 0.25) is 0 Å². The fourth-order valence-corrected chi connectivity index (χ4v) is 2.65. The molecule has 0 atom stereocenters. The minimum Gasteiger partial charge on any atom is -0.495 e. The molecule has 0 radical (unpaired) electrons. The molecular weight excluding hydrogens is 231 g/mol. The number of hydrogen-bond donors (Lipinski definition) is 1. The highest BCUT2D eigenvalue weighted by atomic mass is 19.1. The largest absolute Gasteiger partial charge is 0.495 e. The van der Waals surface area contributed by atoms with Crippen LogP contribution in [-0.4, -0.2) is 27.2 Å². The van der Waals surface area contributed by atoms with Crippen LogP contribution in [0.4, 0.5) is 10.1 Å². The fourth-order valence-electron chi connectivity index (χ4n) is 2.65. The summed E-state index contributed by atoms with van der Waals surface area (Å²) in [6.45, 7) is 1.54. The molecule has 3 nitrogen and oxygen atoms in total. The van der Waals surface area contributed by atoms with Crippen LogP contribution >= 0.6 is 0 Å². The van der Waals surface area contributed by atoms with Crippen LogP contribution in [0.5, 0.6) is 5.75 Å². The zero-order valence-electron chi connectivity index (χ0n) is 11.1. The van der Waals surface area contributed by atoms with Crippen LogP contribution in [0.25, 0.3) is 0 Å². The first-order valence-corrected chi connectivity index (χ1v) is 6.35. The van der Waals surface area contributed by atoms with Crippen LogP contribution in [0.15, 0.2) is 18.2 Å². The Kier molecular flexibility index (Phi) is 3.76. The molecule has 1 aromatic carbocycles. The van der Waals surface area contributed by atoms with Gasteiger partial charge < -0.3 is 15.4 Å². The standard InChI is InChI=1S/C14H21FN2O/c1-17(10-14(9-16)6-3-7-14)12-8-11(15)4-5-13(12)18-2/h4-5,8H,3,6-7,9-10,16H2,1-2H3. The van der Waals surface area contributed by atoms with Crippen molar-refractivity contribution in [2.24, 2.45) is 11.1 Å². The summed E-state index contributed by atoms with van der Waals surface area (Å²) in [5.41, 5.74) is 6.85. The van der Waals surface area contributed by atoms with Crippen molar-refractivity contribution in [3.63, 3.8) is 0 Å². The molecule has 2 N–H and O–H groups in total. The Morgan fingerprint density at radius 3 is 2.67 bits per heavy atom. The lowest BCUT2D eigenvalue weighted by Crippen LogP contribution is -2.46. The molecule has 0 spiro atoms. The van der Waals surface area contributed by atoms with Gasteiger partial charge in [0.15, 0.2) is 0 Å². The normalized spacial score (nSPS) is 17.1. The summed E-state index contributed by atoms with van der Waals surface area (Å²) in [4.78, 5) is 2.05. The summed E-state index contributed by atoms with van der Waals surface area (Å²) >= 11 is 0. The fraction of sp³-hybridized carbons (Fsp3) is 0.571. The van der Waals surface area contributed by atoms with E-state index in [2.05, 4.69) is 0 Å². The van der Waals surface area contributed by atoms with Crippen molar-refractivity contribution in [2.45, 2.75) is 19.3 Å². The van der Waals surface area contributed by atoms with Gasteiger partial charge in [0.25, 0.3) is 0 Å². The van der Waals surface area contributed by atoms with Crippen LogP contribution in [0.2, 0.25) is 0 Å². The molecule has 1 aromatic rings. The van der Waals surface area contributed by atoms with Crippen molar-refractivity contribution in [3.05, 3.63) is 24.0 Å². The molecule has 2 rings (SSSR count). The summed E-state index contributed by atoms with van der Waals surface area (Å²) < 4.78 is 18.6. The molecule has 1 fully saturated rings. The number of hydrogen-bond acceptors (Lipinski definition) is 3. The van der Waals surface area contributed by atoms with E-state index in [1.54, 1.807) is 13.2 Å².